The average Bonchev–Trinajstić information content (AvgIpc) is 3.11. The molecule has 1 aliphatic heterocycles. The standard InChI is InChI=1S/C19H17ClFN5S/c20-17-8-16-18(27-17)19(24-11-23-16)25-14-3-5-26(6-4-14)10-12-1-2-15(21)13(7-12)9-22/h1-2,7-8,11,14H,3-6,10H2,(H,23,24,25)/i1D,2D,7D,8D,10D,14D/hD. The number of aromatic nitrogens is 2. The zero-order chi connectivity index (χ0) is 24.9. The van der Waals surface area contributed by atoms with Crippen LogP contribution in [0.15, 0.2) is 30.5 Å². The molecular formula is C19H17ClFN5S. The van der Waals surface area contributed by atoms with Gasteiger partial charge < -0.3 is 5.31 Å². The van der Waals surface area contributed by atoms with Crippen LogP contribution in [-0.2, 0) is 6.52 Å². The van der Waals surface area contributed by atoms with Crippen molar-refractivity contribution in [3.8, 4) is 6.07 Å². The van der Waals surface area contributed by atoms with Gasteiger partial charge in [0.1, 0.15) is 24.0 Å². The lowest BCUT2D eigenvalue weighted by Gasteiger charge is -2.32. The van der Waals surface area contributed by atoms with E-state index in [1.54, 1.807) is 4.90 Å². The van der Waals surface area contributed by atoms with E-state index in [4.69, 9.17) is 26.5 Å². The monoisotopic (exact) mass is 408 g/mol. The number of likely N-dealkylation sites (tertiary alicyclic amines) is 1. The minimum Gasteiger partial charge on any atom is -0.366 e. The molecule has 138 valence electrons. The van der Waals surface area contributed by atoms with Crippen molar-refractivity contribution in [3.05, 3.63) is 51.8 Å². The lowest BCUT2D eigenvalue weighted by Crippen LogP contribution is -2.38. The first kappa shape index (κ1) is 11.5. The van der Waals surface area contributed by atoms with Crippen LogP contribution < -0.4 is 5.31 Å². The third kappa shape index (κ3) is 4.03. The molecule has 3 aromatic rings. The third-order valence-electron chi connectivity index (χ3n) is 4.04. The number of hydrogen-bond donors (Lipinski definition) is 1. The summed E-state index contributed by atoms with van der Waals surface area (Å²) < 4.78 is 72.6. The Labute approximate surface area is 175 Å². The zero-order valence-corrected chi connectivity index (χ0v) is 15.5. The smallest absolute Gasteiger partial charge is 0.162 e. The highest BCUT2D eigenvalue weighted by molar-refractivity contribution is 7.23. The fraction of sp³-hybridized carbons (Fsp3) is 0.316. The first-order valence-electron chi connectivity index (χ1n) is 11.6. The molecule has 0 spiro atoms. The van der Waals surface area contributed by atoms with Crippen LogP contribution in [0, 0.1) is 17.1 Å². The molecule has 1 atom stereocenters. The Kier molecular flexibility index (Phi) is 3.32. The van der Waals surface area contributed by atoms with Gasteiger partial charge in [-0.3, -0.25) is 4.90 Å². The van der Waals surface area contributed by atoms with Gasteiger partial charge in [-0.2, -0.15) is 5.26 Å². The first-order chi connectivity index (χ1) is 16.0. The molecule has 27 heavy (non-hydrogen) atoms. The molecule has 1 aliphatic rings. The van der Waals surface area contributed by atoms with E-state index < -0.39 is 42.0 Å². The predicted molar refractivity (Wildman–Crippen MR) is 105 cm³/mol. The second-order valence-electron chi connectivity index (χ2n) is 5.81. The Morgan fingerprint density at radius 2 is 2.30 bits per heavy atom. The van der Waals surface area contributed by atoms with Gasteiger partial charge in [-0.15, -0.1) is 11.3 Å². The number of piperidine rings is 1. The van der Waals surface area contributed by atoms with Crippen LogP contribution in [0.5, 0.6) is 0 Å². The van der Waals surface area contributed by atoms with E-state index in [2.05, 4.69) is 9.97 Å². The largest absolute Gasteiger partial charge is 0.366 e. The van der Waals surface area contributed by atoms with Crippen molar-refractivity contribution in [2.75, 3.05) is 18.4 Å². The summed E-state index contributed by atoms with van der Waals surface area (Å²) in [5.74, 6) is -1.10. The number of nitrogens with one attached hydrogen (secondary N) is 1. The molecule has 4 rings (SSSR count). The summed E-state index contributed by atoms with van der Waals surface area (Å²) in [6, 6.07) is -1.89. The van der Waals surface area contributed by atoms with Crippen molar-refractivity contribution < 1.29 is 14.0 Å². The van der Waals surface area contributed by atoms with Gasteiger partial charge in [0.15, 0.2) is 1.41 Å². The Morgan fingerprint density at radius 3 is 3.07 bits per heavy atom. The van der Waals surface area contributed by atoms with Gasteiger partial charge in [-0.1, -0.05) is 17.6 Å². The first-order valence-corrected chi connectivity index (χ1v) is 9.25. The molecule has 1 unspecified atom stereocenters. The molecular weight excluding hydrogens is 385 g/mol. The molecule has 0 saturated carbocycles. The van der Waals surface area contributed by atoms with Crippen LogP contribution in [0.25, 0.3) is 10.2 Å². The Bertz CT molecular complexity index is 1330. The molecule has 5 nitrogen and oxygen atoms in total. The molecule has 1 saturated heterocycles. The predicted octanol–water partition coefficient (Wildman–Crippen LogP) is 4.43. The average molecular weight is 409 g/mol. The van der Waals surface area contributed by atoms with Gasteiger partial charge >= 0.3 is 0 Å². The Balaban J connectivity index is 1.59. The maximum Gasteiger partial charge on any atom is 0.162 e. The Morgan fingerprint density at radius 1 is 1.48 bits per heavy atom. The van der Waals surface area contributed by atoms with Crippen molar-refractivity contribution in [2.45, 2.75) is 25.4 Å². The number of thiophene rings is 1. The zero-order valence-electron chi connectivity index (χ0n) is 20.9. The maximum atomic E-state index is 14.1. The fourth-order valence-corrected chi connectivity index (χ4v) is 3.78. The van der Waals surface area contributed by atoms with E-state index >= 15 is 0 Å². The van der Waals surface area contributed by atoms with Crippen molar-refractivity contribution in [1.82, 2.24) is 14.9 Å². The van der Waals surface area contributed by atoms with Crippen LogP contribution in [0.4, 0.5) is 10.2 Å². The molecule has 1 N–H and O–H groups in total. The van der Waals surface area contributed by atoms with E-state index in [1.807, 2.05) is 0 Å². The van der Waals surface area contributed by atoms with Crippen LogP contribution in [0.3, 0.4) is 0 Å². The van der Waals surface area contributed by atoms with E-state index in [-0.39, 0.29) is 47.7 Å². The van der Waals surface area contributed by atoms with Gasteiger partial charge in [0.2, 0.25) is 0 Å². The number of anilines is 1. The highest BCUT2D eigenvalue weighted by Crippen LogP contribution is 2.33. The third-order valence-corrected chi connectivity index (χ3v) is 5.23. The lowest BCUT2D eigenvalue weighted by molar-refractivity contribution is 0.211. The molecule has 0 radical (unpaired) electrons. The minimum atomic E-state index is -1.43. The van der Waals surface area contributed by atoms with Crippen molar-refractivity contribution in [1.29, 1.82) is 5.26 Å². The minimum absolute atomic E-state index is 0.0341. The lowest BCUT2D eigenvalue weighted by atomic mass is 10.0. The van der Waals surface area contributed by atoms with Gasteiger partial charge in [-0.25, -0.2) is 14.4 Å². The maximum absolute atomic E-state index is 14.1. The number of fused-ring (bicyclic) bond motifs is 1. The van der Waals surface area contributed by atoms with Crippen molar-refractivity contribution in [3.63, 3.8) is 0 Å². The molecule has 3 heterocycles. The number of hydrogen-bond acceptors (Lipinski definition) is 6. The van der Waals surface area contributed by atoms with Crippen LogP contribution in [0.1, 0.15) is 32.2 Å². The van der Waals surface area contributed by atoms with Crippen LogP contribution in [0.2, 0.25) is 5.75 Å². The second-order valence-corrected chi connectivity index (χ2v) is 7.43. The number of nitriles is 1. The quantitative estimate of drug-likeness (QED) is 0.691. The highest BCUT2D eigenvalue weighted by atomic mass is 35.5. The molecule has 0 amide bonds. The van der Waals surface area contributed by atoms with E-state index in [1.165, 1.54) is 12.4 Å². The Hall–Kier alpha value is -2.27. The summed E-state index contributed by atoms with van der Waals surface area (Å²) in [5.41, 5.74) is -0.614. The molecule has 8 heteroatoms. The molecule has 0 bridgehead atoms. The summed E-state index contributed by atoms with van der Waals surface area (Å²) in [6.45, 7) is -1.03. The SMILES string of the molecule is [2H]c1c([2H])c(C([2H])N2CCC([2H])(N([2H])c3ncnc4c([2H])c(Cl)sc34)CC2)c([2H])c(C#N)c1F. The summed E-state index contributed by atoms with van der Waals surface area (Å²) in [6.07, 6.45) is 1.42. The molecule has 2 aromatic heterocycles. The highest BCUT2D eigenvalue weighted by Gasteiger charge is 2.21. The van der Waals surface area contributed by atoms with E-state index in [9.17, 15) is 4.39 Å². The second kappa shape index (κ2) is 7.77. The van der Waals surface area contributed by atoms with Gasteiger partial charge in [0, 0.05) is 27.0 Å². The van der Waals surface area contributed by atoms with Crippen molar-refractivity contribution >= 4 is 39.0 Å². The summed E-state index contributed by atoms with van der Waals surface area (Å²) >= 11 is 7.11. The van der Waals surface area contributed by atoms with Crippen molar-refractivity contribution in [2.24, 2.45) is 0 Å². The van der Waals surface area contributed by atoms with Gasteiger partial charge in [0.05, 0.1) is 27.0 Å². The van der Waals surface area contributed by atoms with Gasteiger partial charge in [0.25, 0.3) is 0 Å². The summed E-state index contributed by atoms with van der Waals surface area (Å²) in [5, 5.41) is 10.1. The topological polar surface area (TPSA) is 64.8 Å². The number of nitrogens with zero attached hydrogens (tertiary/aromatic N) is 4. The number of rotatable bonds is 4. The van der Waals surface area contributed by atoms with Crippen LogP contribution >= 0.6 is 22.9 Å². The molecule has 1 aromatic carbocycles. The number of halogens is 2. The fourth-order valence-electron chi connectivity index (χ4n) is 2.74. The van der Waals surface area contributed by atoms with Crippen LogP contribution in [-0.4, -0.2) is 34.0 Å². The summed E-state index contributed by atoms with van der Waals surface area (Å²) in [4.78, 5) is 9.74. The van der Waals surface area contributed by atoms with Gasteiger partial charge in [-0.05, 0) is 36.5 Å². The molecule has 1 fully saturated rings. The summed E-state index contributed by atoms with van der Waals surface area (Å²) in [7, 11) is 0. The normalized spacial score (nSPS) is 21.7. The van der Waals surface area contributed by atoms with E-state index in [0.717, 1.165) is 16.6 Å². The number of benzene rings is 1. The van der Waals surface area contributed by atoms with E-state index in [0.29, 0.717) is 10.2 Å². The molecule has 0 aliphatic carbocycles.